The lowest BCUT2D eigenvalue weighted by Crippen LogP contribution is -2.46. The first-order valence-corrected chi connectivity index (χ1v) is 9.06. The Hall–Kier alpha value is -3.60. The normalized spacial score (nSPS) is 16.4. The number of para-hydroxylation sites is 1. The van der Waals surface area contributed by atoms with Crippen molar-refractivity contribution < 1.29 is 27.7 Å². The van der Waals surface area contributed by atoms with E-state index in [2.05, 4.69) is 16.0 Å². The molecule has 1 aliphatic heterocycles. The third kappa shape index (κ3) is 4.61. The van der Waals surface area contributed by atoms with Crippen molar-refractivity contribution >= 4 is 34.9 Å². The van der Waals surface area contributed by atoms with Crippen LogP contribution in [-0.4, -0.2) is 16.9 Å². The Kier molecular flexibility index (Phi) is 5.89. The maximum absolute atomic E-state index is 13.3. The van der Waals surface area contributed by atoms with Crippen LogP contribution in [0.15, 0.2) is 53.7 Å². The monoisotopic (exact) mass is 454 g/mol. The van der Waals surface area contributed by atoms with Crippen LogP contribution in [-0.2, 0) is 11.0 Å². The largest absolute Gasteiger partial charge is 0.418 e. The van der Waals surface area contributed by atoms with Gasteiger partial charge in [0.15, 0.2) is 0 Å². The molecule has 0 spiro atoms. The molecule has 162 valence electrons. The first kappa shape index (κ1) is 22.1. The molecule has 3 amide bonds. The average molecular weight is 455 g/mol. The Morgan fingerprint density at radius 3 is 2.55 bits per heavy atom. The first-order valence-electron chi connectivity index (χ1n) is 8.68. The number of halogens is 4. The van der Waals surface area contributed by atoms with Gasteiger partial charge in [-0.1, -0.05) is 29.8 Å². The van der Waals surface area contributed by atoms with Crippen LogP contribution in [0.5, 0.6) is 0 Å². The first-order chi connectivity index (χ1) is 14.5. The van der Waals surface area contributed by atoms with Crippen LogP contribution in [0.2, 0.25) is 5.02 Å². The lowest BCUT2D eigenvalue weighted by atomic mass is 9.94. The summed E-state index contributed by atoms with van der Waals surface area (Å²) in [4.78, 5) is 35.4. The Balaban J connectivity index is 2.03. The molecule has 0 radical (unpaired) electrons. The molecule has 12 heteroatoms. The highest BCUT2D eigenvalue weighted by molar-refractivity contribution is 6.32. The zero-order valence-corrected chi connectivity index (χ0v) is 16.5. The van der Waals surface area contributed by atoms with Crippen molar-refractivity contribution in [3.05, 3.63) is 80.0 Å². The summed E-state index contributed by atoms with van der Waals surface area (Å²) < 4.78 is 39.8. The van der Waals surface area contributed by atoms with Crippen LogP contribution in [0.1, 0.15) is 24.1 Å². The quantitative estimate of drug-likeness (QED) is 0.465. The van der Waals surface area contributed by atoms with Gasteiger partial charge in [-0.15, -0.1) is 0 Å². The molecule has 1 atom stereocenters. The van der Waals surface area contributed by atoms with Gasteiger partial charge in [-0.25, -0.2) is 4.79 Å². The van der Waals surface area contributed by atoms with E-state index in [1.165, 1.54) is 31.2 Å². The minimum atomic E-state index is -4.71. The van der Waals surface area contributed by atoms with Crippen molar-refractivity contribution in [2.45, 2.75) is 19.1 Å². The fourth-order valence-electron chi connectivity index (χ4n) is 3.12. The number of nitro benzene ring substituents is 1. The van der Waals surface area contributed by atoms with Crippen molar-refractivity contribution in [3.8, 4) is 0 Å². The Morgan fingerprint density at radius 1 is 1.23 bits per heavy atom. The fraction of sp³-hybridized carbons (Fsp3) is 0.158. The maximum atomic E-state index is 13.3. The number of benzene rings is 2. The number of nitrogens with zero attached hydrogens (tertiary/aromatic N) is 1. The van der Waals surface area contributed by atoms with Crippen molar-refractivity contribution in [1.82, 2.24) is 10.6 Å². The van der Waals surface area contributed by atoms with Crippen LogP contribution in [0, 0.1) is 10.1 Å². The predicted molar refractivity (Wildman–Crippen MR) is 105 cm³/mol. The molecule has 2 aromatic rings. The number of amides is 3. The SMILES string of the molecule is CC1=C(C(=O)Nc2ccccc2C(F)(F)F)[C@H](c2ccc(Cl)c([N+](=O)[O-])c2)NC(=O)N1. The van der Waals surface area contributed by atoms with Gasteiger partial charge in [-0.05, 0) is 30.7 Å². The van der Waals surface area contributed by atoms with Crippen molar-refractivity contribution in [1.29, 1.82) is 0 Å². The molecule has 1 heterocycles. The Morgan fingerprint density at radius 2 is 1.90 bits per heavy atom. The van der Waals surface area contributed by atoms with Gasteiger partial charge in [-0.3, -0.25) is 14.9 Å². The topological polar surface area (TPSA) is 113 Å². The summed E-state index contributed by atoms with van der Waals surface area (Å²) in [6, 6.07) is 6.25. The highest BCUT2D eigenvalue weighted by Gasteiger charge is 2.36. The van der Waals surface area contributed by atoms with Gasteiger partial charge in [0.05, 0.1) is 27.8 Å². The number of hydrogen-bond donors (Lipinski definition) is 3. The van der Waals surface area contributed by atoms with Crippen molar-refractivity contribution in [2.24, 2.45) is 0 Å². The van der Waals surface area contributed by atoms with E-state index in [1.54, 1.807) is 0 Å². The second-order valence-corrected chi connectivity index (χ2v) is 6.94. The van der Waals surface area contributed by atoms with Gasteiger partial charge >= 0.3 is 12.2 Å². The van der Waals surface area contributed by atoms with Crippen LogP contribution >= 0.6 is 11.6 Å². The summed E-state index contributed by atoms with van der Waals surface area (Å²) in [6.45, 7) is 1.39. The second-order valence-electron chi connectivity index (χ2n) is 6.54. The van der Waals surface area contributed by atoms with Gasteiger partial charge in [0.2, 0.25) is 0 Å². The smallest absolute Gasteiger partial charge is 0.327 e. The molecule has 0 unspecified atom stereocenters. The molecule has 8 nitrogen and oxygen atoms in total. The number of rotatable bonds is 4. The van der Waals surface area contributed by atoms with Gasteiger partial charge in [0, 0.05) is 11.8 Å². The maximum Gasteiger partial charge on any atom is 0.418 e. The molecular formula is C19H14ClF3N4O4. The summed E-state index contributed by atoms with van der Waals surface area (Å²) in [6.07, 6.45) is -4.71. The zero-order chi connectivity index (χ0) is 22.9. The van der Waals surface area contributed by atoms with Crippen molar-refractivity contribution in [2.75, 3.05) is 5.32 Å². The standard InChI is InChI=1S/C19H14ClF3N4O4/c1-9-15(17(28)25-13-5-3-2-4-11(13)19(21,22)23)16(26-18(29)24-9)10-6-7-12(20)14(8-10)27(30)31/h2-8,16H,1H3,(H,25,28)(H2,24,26,29)/t16-/m0/s1. The molecule has 0 aromatic heterocycles. The fourth-order valence-corrected chi connectivity index (χ4v) is 3.31. The molecule has 2 aromatic carbocycles. The van der Waals surface area contributed by atoms with Crippen LogP contribution in [0.3, 0.4) is 0 Å². The lowest BCUT2D eigenvalue weighted by Gasteiger charge is -2.29. The number of carbonyl (C=O) groups excluding carboxylic acids is 2. The second kappa shape index (κ2) is 8.26. The molecule has 0 fully saturated rings. The zero-order valence-electron chi connectivity index (χ0n) is 15.7. The average Bonchev–Trinajstić information content (AvgIpc) is 2.67. The number of anilines is 1. The summed E-state index contributed by atoms with van der Waals surface area (Å²) in [5.74, 6) is -0.927. The van der Waals surface area contributed by atoms with E-state index in [0.717, 1.165) is 18.2 Å². The summed E-state index contributed by atoms with van der Waals surface area (Å²) in [5, 5.41) is 18.1. The van der Waals surface area contributed by atoms with Crippen LogP contribution in [0.25, 0.3) is 0 Å². The molecule has 0 bridgehead atoms. The highest BCUT2D eigenvalue weighted by Crippen LogP contribution is 2.36. The number of carbonyl (C=O) groups is 2. The third-order valence-corrected chi connectivity index (χ3v) is 4.81. The molecule has 1 aliphatic rings. The highest BCUT2D eigenvalue weighted by atomic mass is 35.5. The van der Waals surface area contributed by atoms with E-state index >= 15 is 0 Å². The van der Waals surface area contributed by atoms with E-state index in [4.69, 9.17) is 11.6 Å². The number of allylic oxidation sites excluding steroid dienone is 1. The number of nitrogens with one attached hydrogen (secondary N) is 3. The molecular weight excluding hydrogens is 441 g/mol. The van der Waals surface area contributed by atoms with Crippen LogP contribution in [0.4, 0.5) is 29.3 Å². The molecule has 31 heavy (non-hydrogen) atoms. The minimum absolute atomic E-state index is 0.0772. The summed E-state index contributed by atoms with van der Waals surface area (Å²) >= 11 is 5.81. The van der Waals surface area contributed by atoms with Gasteiger partial charge < -0.3 is 16.0 Å². The molecule has 3 N–H and O–H groups in total. The van der Waals surface area contributed by atoms with Gasteiger partial charge in [-0.2, -0.15) is 13.2 Å². The lowest BCUT2D eigenvalue weighted by molar-refractivity contribution is -0.384. The Bertz CT molecular complexity index is 1120. The molecule has 3 rings (SSSR count). The van der Waals surface area contributed by atoms with E-state index in [0.29, 0.717) is 0 Å². The van der Waals surface area contributed by atoms with Gasteiger partial charge in [0.1, 0.15) is 5.02 Å². The van der Waals surface area contributed by atoms with Crippen molar-refractivity contribution in [3.63, 3.8) is 0 Å². The Labute approximate surface area is 178 Å². The van der Waals surface area contributed by atoms with E-state index < -0.39 is 46.0 Å². The van der Waals surface area contributed by atoms with Crippen LogP contribution < -0.4 is 16.0 Å². The number of nitro groups is 1. The predicted octanol–water partition coefficient (Wildman–Crippen LogP) is 4.53. The summed E-state index contributed by atoms with van der Waals surface area (Å²) in [7, 11) is 0. The van der Waals surface area contributed by atoms with E-state index in [9.17, 15) is 32.9 Å². The molecule has 0 aliphatic carbocycles. The number of alkyl halides is 3. The van der Waals surface area contributed by atoms with E-state index in [-0.39, 0.29) is 21.9 Å². The minimum Gasteiger partial charge on any atom is -0.327 e. The summed E-state index contributed by atoms with van der Waals surface area (Å²) in [5.41, 5.74) is -1.86. The number of urea groups is 1. The van der Waals surface area contributed by atoms with Gasteiger partial charge in [0.25, 0.3) is 11.6 Å². The van der Waals surface area contributed by atoms with E-state index in [1.807, 2.05) is 0 Å². The molecule has 0 saturated heterocycles. The number of hydrogen-bond acceptors (Lipinski definition) is 4. The molecule has 0 saturated carbocycles. The third-order valence-electron chi connectivity index (χ3n) is 4.49.